The summed E-state index contributed by atoms with van der Waals surface area (Å²) in [5, 5.41) is 0. The molecule has 1 aliphatic rings. The first-order valence-corrected chi connectivity index (χ1v) is 3.87. The summed E-state index contributed by atoms with van der Waals surface area (Å²) in [6.45, 7) is 5.67. The minimum atomic E-state index is -0.0481. The number of carbonyl (C=O) groups excluding carboxylic acids is 1. The van der Waals surface area contributed by atoms with Gasteiger partial charge in [-0.1, -0.05) is 6.08 Å². The molecule has 0 radical (unpaired) electrons. The monoisotopic (exact) mass is 154 g/mol. The minimum absolute atomic E-state index is 0.0481. The van der Waals surface area contributed by atoms with Gasteiger partial charge >= 0.3 is 0 Å². The van der Waals surface area contributed by atoms with Crippen molar-refractivity contribution in [2.24, 2.45) is 5.73 Å². The maximum absolute atomic E-state index is 11.1. The van der Waals surface area contributed by atoms with Crippen molar-refractivity contribution in [2.75, 3.05) is 19.6 Å². The minimum Gasteiger partial charge on any atom is -0.328 e. The smallest absolute Gasteiger partial charge is 0.152 e. The van der Waals surface area contributed by atoms with Crippen LogP contribution in [0.5, 0.6) is 0 Å². The molecule has 2 N–H and O–H groups in total. The van der Waals surface area contributed by atoms with E-state index in [1.165, 1.54) is 0 Å². The lowest BCUT2D eigenvalue weighted by Gasteiger charge is -2.19. The zero-order valence-electron chi connectivity index (χ0n) is 6.62. The van der Waals surface area contributed by atoms with Gasteiger partial charge < -0.3 is 5.73 Å². The molecule has 62 valence electrons. The molecule has 0 aromatic carbocycles. The Kier molecular flexibility index (Phi) is 2.79. The van der Waals surface area contributed by atoms with Gasteiger partial charge in [0, 0.05) is 26.1 Å². The van der Waals surface area contributed by atoms with E-state index >= 15 is 0 Å². The maximum Gasteiger partial charge on any atom is 0.152 e. The van der Waals surface area contributed by atoms with Crippen molar-refractivity contribution in [1.82, 2.24) is 4.90 Å². The van der Waals surface area contributed by atoms with Crippen molar-refractivity contribution in [3.8, 4) is 0 Å². The summed E-state index contributed by atoms with van der Waals surface area (Å²) in [6, 6.07) is -0.0481. The molecule has 11 heavy (non-hydrogen) atoms. The Bertz CT molecular complexity index is 167. The summed E-state index contributed by atoms with van der Waals surface area (Å²) in [4.78, 5) is 13.2. The number of carbonyl (C=O) groups is 1. The molecule has 3 nitrogen and oxygen atoms in total. The van der Waals surface area contributed by atoms with Crippen LogP contribution in [0.4, 0.5) is 0 Å². The first-order valence-electron chi connectivity index (χ1n) is 3.87. The number of ketones is 1. The number of hydrogen-bond donors (Lipinski definition) is 1. The first-order chi connectivity index (χ1) is 5.29. The van der Waals surface area contributed by atoms with Gasteiger partial charge in [0.05, 0.1) is 6.04 Å². The van der Waals surface area contributed by atoms with Crippen molar-refractivity contribution in [3.63, 3.8) is 0 Å². The Morgan fingerprint density at radius 3 is 3.09 bits per heavy atom. The molecule has 1 heterocycles. The molecule has 1 rings (SSSR count). The lowest BCUT2D eigenvalue weighted by molar-refractivity contribution is -0.119. The molecular weight excluding hydrogens is 140 g/mol. The third-order valence-electron chi connectivity index (χ3n) is 2.04. The van der Waals surface area contributed by atoms with E-state index in [9.17, 15) is 4.79 Å². The summed E-state index contributed by atoms with van der Waals surface area (Å²) >= 11 is 0. The second-order valence-electron chi connectivity index (χ2n) is 2.75. The van der Waals surface area contributed by atoms with Crippen molar-refractivity contribution in [1.29, 1.82) is 0 Å². The summed E-state index contributed by atoms with van der Waals surface area (Å²) < 4.78 is 0. The highest BCUT2D eigenvalue weighted by Gasteiger charge is 2.29. The zero-order valence-corrected chi connectivity index (χ0v) is 6.62. The third-order valence-corrected chi connectivity index (χ3v) is 2.04. The van der Waals surface area contributed by atoms with Gasteiger partial charge in [0.2, 0.25) is 0 Å². The number of hydrogen-bond acceptors (Lipinski definition) is 3. The predicted molar refractivity (Wildman–Crippen MR) is 44.2 cm³/mol. The average molecular weight is 154 g/mol. The Morgan fingerprint density at radius 1 is 1.82 bits per heavy atom. The SMILES string of the molecule is C=CCN1CCC(=O)C1CN. The summed E-state index contributed by atoms with van der Waals surface area (Å²) in [5.74, 6) is 0.273. The van der Waals surface area contributed by atoms with E-state index < -0.39 is 0 Å². The summed E-state index contributed by atoms with van der Waals surface area (Å²) in [5.41, 5.74) is 5.45. The molecule has 0 spiro atoms. The predicted octanol–water partition coefficient (Wildman–Crippen LogP) is -0.225. The summed E-state index contributed by atoms with van der Waals surface area (Å²) in [6.07, 6.45) is 2.46. The molecule has 1 unspecified atom stereocenters. The fourth-order valence-electron chi connectivity index (χ4n) is 1.44. The fraction of sp³-hybridized carbons (Fsp3) is 0.625. The second-order valence-corrected chi connectivity index (χ2v) is 2.75. The van der Waals surface area contributed by atoms with Gasteiger partial charge in [-0.25, -0.2) is 0 Å². The van der Waals surface area contributed by atoms with Crippen LogP contribution in [0.1, 0.15) is 6.42 Å². The van der Waals surface area contributed by atoms with Gasteiger partial charge in [-0.2, -0.15) is 0 Å². The molecule has 0 aliphatic carbocycles. The molecule has 0 aromatic rings. The highest BCUT2D eigenvalue weighted by Crippen LogP contribution is 2.11. The second kappa shape index (κ2) is 3.64. The van der Waals surface area contributed by atoms with Gasteiger partial charge in [0.15, 0.2) is 5.78 Å². The number of nitrogens with zero attached hydrogens (tertiary/aromatic N) is 1. The van der Waals surface area contributed by atoms with E-state index in [0.717, 1.165) is 13.1 Å². The van der Waals surface area contributed by atoms with E-state index in [4.69, 9.17) is 5.73 Å². The molecule has 0 saturated carbocycles. The van der Waals surface area contributed by atoms with Crippen molar-refractivity contribution < 1.29 is 4.79 Å². The van der Waals surface area contributed by atoms with Gasteiger partial charge in [0.25, 0.3) is 0 Å². The van der Waals surface area contributed by atoms with Crippen LogP contribution >= 0.6 is 0 Å². The van der Waals surface area contributed by atoms with E-state index in [-0.39, 0.29) is 11.8 Å². The van der Waals surface area contributed by atoms with Gasteiger partial charge in [-0.15, -0.1) is 6.58 Å². The van der Waals surface area contributed by atoms with E-state index in [2.05, 4.69) is 11.5 Å². The largest absolute Gasteiger partial charge is 0.328 e. The first kappa shape index (κ1) is 8.43. The third kappa shape index (κ3) is 1.67. The average Bonchev–Trinajstić information content (AvgIpc) is 2.33. The van der Waals surface area contributed by atoms with Gasteiger partial charge in [0.1, 0.15) is 0 Å². The van der Waals surface area contributed by atoms with Crippen LogP contribution in [0, 0.1) is 0 Å². The molecule has 1 fully saturated rings. The number of rotatable bonds is 3. The van der Waals surface area contributed by atoms with E-state index in [1.807, 2.05) is 0 Å². The van der Waals surface area contributed by atoms with Crippen LogP contribution in [0.3, 0.4) is 0 Å². The lowest BCUT2D eigenvalue weighted by Crippen LogP contribution is -2.39. The Hall–Kier alpha value is -0.670. The Morgan fingerprint density at radius 2 is 2.55 bits per heavy atom. The molecular formula is C8H14N2O. The molecule has 0 amide bonds. The van der Waals surface area contributed by atoms with Crippen LogP contribution in [-0.2, 0) is 4.79 Å². The summed E-state index contributed by atoms with van der Waals surface area (Å²) in [7, 11) is 0. The molecule has 0 bridgehead atoms. The Balaban J connectivity index is 2.53. The van der Waals surface area contributed by atoms with Crippen LogP contribution in [-0.4, -0.2) is 36.4 Å². The molecule has 1 saturated heterocycles. The number of nitrogens with two attached hydrogens (primary N) is 1. The fourth-order valence-corrected chi connectivity index (χ4v) is 1.44. The van der Waals surface area contributed by atoms with Crippen LogP contribution in [0.15, 0.2) is 12.7 Å². The highest BCUT2D eigenvalue weighted by molar-refractivity contribution is 5.86. The Labute approximate surface area is 66.9 Å². The molecule has 0 aromatic heterocycles. The number of likely N-dealkylation sites (tertiary alicyclic amines) is 1. The van der Waals surface area contributed by atoms with E-state index in [0.29, 0.717) is 13.0 Å². The maximum atomic E-state index is 11.1. The standard InChI is InChI=1S/C8H14N2O/c1-2-4-10-5-3-8(11)7(10)6-9/h2,7H,1,3-6,9H2. The highest BCUT2D eigenvalue weighted by atomic mass is 16.1. The van der Waals surface area contributed by atoms with Crippen LogP contribution in [0.2, 0.25) is 0 Å². The van der Waals surface area contributed by atoms with Crippen LogP contribution in [0.25, 0.3) is 0 Å². The molecule has 1 atom stereocenters. The van der Waals surface area contributed by atoms with Gasteiger partial charge in [-0.3, -0.25) is 9.69 Å². The lowest BCUT2D eigenvalue weighted by atomic mass is 10.2. The zero-order chi connectivity index (χ0) is 8.27. The van der Waals surface area contributed by atoms with Crippen molar-refractivity contribution in [2.45, 2.75) is 12.5 Å². The quantitative estimate of drug-likeness (QED) is 0.571. The normalized spacial score (nSPS) is 25.9. The van der Waals surface area contributed by atoms with E-state index in [1.54, 1.807) is 6.08 Å². The topological polar surface area (TPSA) is 46.3 Å². The van der Waals surface area contributed by atoms with Crippen LogP contribution < -0.4 is 5.73 Å². The molecule has 3 heteroatoms. The molecule has 1 aliphatic heterocycles. The van der Waals surface area contributed by atoms with Crippen molar-refractivity contribution in [3.05, 3.63) is 12.7 Å². The van der Waals surface area contributed by atoms with Gasteiger partial charge in [-0.05, 0) is 0 Å². The number of Topliss-reactive ketones (excluding diaryl/α,β-unsaturated/α-hetero) is 1. The van der Waals surface area contributed by atoms with Crippen molar-refractivity contribution >= 4 is 5.78 Å².